The molecule has 0 bridgehead atoms. The molecule has 0 aromatic heterocycles. The van der Waals surface area contributed by atoms with E-state index < -0.39 is 7.75 Å². The first kappa shape index (κ1) is 20.3. The van der Waals surface area contributed by atoms with Crippen LogP contribution >= 0.6 is 19.3 Å². The van der Waals surface area contributed by atoms with Gasteiger partial charge in [0.15, 0.2) is 0 Å². The zero-order chi connectivity index (χ0) is 20.3. The topological polar surface area (TPSA) is 47.6 Å². The minimum Gasteiger partial charge on any atom is -0.400 e. The monoisotopic (exact) mass is 415 g/mol. The van der Waals surface area contributed by atoms with E-state index in [2.05, 4.69) is 5.09 Å². The second-order valence-corrected chi connectivity index (χ2v) is 8.72. The fourth-order valence-corrected chi connectivity index (χ4v) is 4.37. The molecule has 0 amide bonds. The van der Waals surface area contributed by atoms with E-state index in [0.29, 0.717) is 22.2 Å². The van der Waals surface area contributed by atoms with Gasteiger partial charge in [-0.2, -0.15) is 0 Å². The van der Waals surface area contributed by atoms with Crippen molar-refractivity contribution in [3.05, 3.63) is 87.9 Å². The molecule has 0 saturated heterocycles. The van der Waals surface area contributed by atoms with Crippen LogP contribution in [0.3, 0.4) is 0 Å². The quantitative estimate of drug-likeness (QED) is 0.430. The molecule has 3 rings (SSSR count). The van der Waals surface area contributed by atoms with E-state index in [1.165, 1.54) is 0 Å². The van der Waals surface area contributed by atoms with Crippen LogP contribution in [0.5, 0.6) is 11.5 Å². The Labute approximate surface area is 171 Å². The molecule has 1 N–H and O–H groups in total. The molecule has 0 atom stereocenters. The van der Waals surface area contributed by atoms with Crippen LogP contribution < -0.4 is 14.1 Å². The largest absolute Gasteiger partial charge is 0.541 e. The summed E-state index contributed by atoms with van der Waals surface area (Å²) in [4.78, 5) is 0. The summed E-state index contributed by atoms with van der Waals surface area (Å²) in [6.45, 7) is 7.80. The van der Waals surface area contributed by atoms with Gasteiger partial charge in [-0.3, -0.25) is 5.09 Å². The van der Waals surface area contributed by atoms with Gasteiger partial charge in [0.05, 0.1) is 0 Å². The standard InChI is InChI=1S/C22H23ClNO3P/c1-15-8-5-12-21(17(15)3)26-28(25,24-20-11-7-10-19(23)14-20)27-22-13-6-9-16(2)18(22)4/h5-14H,1-4H3,(H,24,25). The number of aryl methyl sites for hydroxylation is 2. The Morgan fingerprint density at radius 2 is 1.29 bits per heavy atom. The predicted octanol–water partition coefficient (Wildman–Crippen LogP) is 7.25. The van der Waals surface area contributed by atoms with Crippen LogP contribution in [0.15, 0.2) is 60.7 Å². The lowest BCUT2D eigenvalue weighted by molar-refractivity contribution is 0.390. The highest BCUT2D eigenvalue weighted by Crippen LogP contribution is 2.50. The number of benzene rings is 3. The van der Waals surface area contributed by atoms with Crippen LogP contribution in [0.4, 0.5) is 5.69 Å². The average molecular weight is 416 g/mol. The number of rotatable bonds is 6. The molecular formula is C22H23ClNO3P. The van der Waals surface area contributed by atoms with Gasteiger partial charge < -0.3 is 9.05 Å². The molecule has 0 aliphatic heterocycles. The number of hydrogen-bond donors (Lipinski definition) is 1. The minimum absolute atomic E-state index is 0.503. The Morgan fingerprint density at radius 1 is 0.786 bits per heavy atom. The van der Waals surface area contributed by atoms with Crippen LogP contribution in [-0.2, 0) is 4.57 Å². The summed E-state index contributed by atoms with van der Waals surface area (Å²) in [7, 11) is -3.81. The number of halogens is 1. The van der Waals surface area contributed by atoms with Crippen molar-refractivity contribution in [1.82, 2.24) is 0 Å². The van der Waals surface area contributed by atoms with Crippen LogP contribution in [0.2, 0.25) is 5.02 Å². The maximum absolute atomic E-state index is 13.8. The molecule has 4 nitrogen and oxygen atoms in total. The number of anilines is 1. The Kier molecular flexibility index (Phi) is 6.02. The molecule has 0 aliphatic rings. The van der Waals surface area contributed by atoms with Gasteiger partial charge in [0.1, 0.15) is 11.5 Å². The van der Waals surface area contributed by atoms with E-state index in [0.717, 1.165) is 22.3 Å². The molecule has 6 heteroatoms. The Bertz CT molecular complexity index is 994. The maximum atomic E-state index is 13.8. The lowest BCUT2D eigenvalue weighted by atomic mass is 10.1. The van der Waals surface area contributed by atoms with E-state index in [1.54, 1.807) is 36.4 Å². The van der Waals surface area contributed by atoms with Gasteiger partial charge in [-0.05, 0) is 80.3 Å². The van der Waals surface area contributed by atoms with Gasteiger partial charge in [-0.15, -0.1) is 0 Å². The van der Waals surface area contributed by atoms with E-state index >= 15 is 0 Å². The fraction of sp³-hybridized carbons (Fsp3) is 0.182. The number of nitrogens with one attached hydrogen (secondary N) is 1. The van der Waals surface area contributed by atoms with Gasteiger partial charge in [0.2, 0.25) is 0 Å². The molecule has 0 unspecified atom stereocenters. The summed E-state index contributed by atoms with van der Waals surface area (Å²) in [6.07, 6.45) is 0. The molecule has 0 heterocycles. The zero-order valence-corrected chi connectivity index (χ0v) is 18.0. The lowest BCUT2D eigenvalue weighted by Gasteiger charge is -2.23. The van der Waals surface area contributed by atoms with Crippen molar-refractivity contribution in [3.8, 4) is 11.5 Å². The van der Waals surface area contributed by atoms with Crippen molar-refractivity contribution in [2.45, 2.75) is 27.7 Å². The molecule has 146 valence electrons. The van der Waals surface area contributed by atoms with Crippen LogP contribution in [0.1, 0.15) is 22.3 Å². The SMILES string of the molecule is Cc1cccc(OP(=O)(Nc2cccc(Cl)c2)Oc2cccc(C)c2C)c1C. The van der Waals surface area contributed by atoms with Gasteiger partial charge in [-0.25, -0.2) is 4.57 Å². The summed E-state index contributed by atoms with van der Waals surface area (Å²) in [5.74, 6) is 1.01. The van der Waals surface area contributed by atoms with E-state index in [4.69, 9.17) is 20.6 Å². The number of hydrogen-bond acceptors (Lipinski definition) is 3. The highest BCUT2D eigenvalue weighted by molar-refractivity contribution is 7.56. The van der Waals surface area contributed by atoms with Gasteiger partial charge in [0, 0.05) is 10.7 Å². The third-order valence-electron chi connectivity index (χ3n) is 4.64. The summed E-state index contributed by atoms with van der Waals surface area (Å²) < 4.78 is 25.6. The smallest absolute Gasteiger partial charge is 0.400 e. The van der Waals surface area contributed by atoms with Gasteiger partial charge >= 0.3 is 7.75 Å². The maximum Gasteiger partial charge on any atom is 0.541 e. The molecule has 0 saturated carbocycles. The summed E-state index contributed by atoms with van der Waals surface area (Å²) in [5.41, 5.74) is 4.43. The fourth-order valence-electron chi connectivity index (χ4n) is 2.69. The lowest BCUT2D eigenvalue weighted by Crippen LogP contribution is -2.11. The third-order valence-corrected chi connectivity index (χ3v) is 6.28. The van der Waals surface area contributed by atoms with E-state index in [1.807, 2.05) is 52.0 Å². The van der Waals surface area contributed by atoms with E-state index in [-0.39, 0.29) is 0 Å². The van der Waals surface area contributed by atoms with Gasteiger partial charge in [0.25, 0.3) is 0 Å². The Hall–Kier alpha value is -2.42. The summed E-state index contributed by atoms with van der Waals surface area (Å²) >= 11 is 6.07. The Morgan fingerprint density at radius 3 is 1.79 bits per heavy atom. The van der Waals surface area contributed by atoms with Crippen LogP contribution in [-0.4, -0.2) is 0 Å². The average Bonchev–Trinajstić information content (AvgIpc) is 2.63. The molecular weight excluding hydrogens is 393 g/mol. The normalized spacial score (nSPS) is 11.2. The summed E-state index contributed by atoms with van der Waals surface area (Å²) in [6, 6.07) is 18.2. The van der Waals surface area contributed by atoms with Crippen LogP contribution in [0.25, 0.3) is 0 Å². The summed E-state index contributed by atoms with van der Waals surface area (Å²) in [5, 5.41) is 3.44. The van der Waals surface area contributed by atoms with Crippen molar-refractivity contribution in [2.24, 2.45) is 0 Å². The highest BCUT2D eigenvalue weighted by atomic mass is 35.5. The van der Waals surface area contributed by atoms with Crippen molar-refractivity contribution >= 4 is 25.0 Å². The molecule has 0 radical (unpaired) electrons. The first-order valence-corrected chi connectivity index (χ1v) is 10.8. The van der Waals surface area contributed by atoms with Gasteiger partial charge in [-0.1, -0.05) is 41.9 Å². The third kappa shape index (κ3) is 4.70. The first-order valence-electron chi connectivity index (χ1n) is 8.93. The molecule has 28 heavy (non-hydrogen) atoms. The first-order chi connectivity index (χ1) is 13.3. The van der Waals surface area contributed by atoms with Crippen LogP contribution in [0, 0.1) is 27.7 Å². The molecule has 0 aliphatic carbocycles. The van der Waals surface area contributed by atoms with Crippen molar-refractivity contribution in [2.75, 3.05) is 5.09 Å². The second-order valence-electron chi connectivity index (χ2n) is 6.70. The van der Waals surface area contributed by atoms with Crippen molar-refractivity contribution in [1.29, 1.82) is 0 Å². The van der Waals surface area contributed by atoms with E-state index in [9.17, 15) is 4.57 Å². The minimum atomic E-state index is -3.81. The second kappa shape index (κ2) is 8.30. The highest BCUT2D eigenvalue weighted by Gasteiger charge is 2.30. The molecule has 3 aromatic rings. The molecule has 3 aromatic carbocycles. The Balaban J connectivity index is 2.00. The zero-order valence-electron chi connectivity index (χ0n) is 16.3. The molecule has 0 fully saturated rings. The molecule has 0 spiro atoms. The van der Waals surface area contributed by atoms with Crippen molar-refractivity contribution in [3.63, 3.8) is 0 Å². The predicted molar refractivity (Wildman–Crippen MR) is 116 cm³/mol. The van der Waals surface area contributed by atoms with Crippen molar-refractivity contribution < 1.29 is 13.6 Å².